The molecule has 5 heteroatoms. The van der Waals surface area contributed by atoms with E-state index >= 15 is 0 Å². The third kappa shape index (κ3) is 2.18. The standard InChI is InChI=1S/C5H9NO3S/c1-9-4(6)3(10-2)5(7)8/h6H2,1-2H3,(H,7,8)/b4-3+. The molecule has 0 aliphatic rings. The topological polar surface area (TPSA) is 72.5 Å². The summed E-state index contributed by atoms with van der Waals surface area (Å²) in [5.41, 5.74) is 5.18. The molecule has 58 valence electrons. The van der Waals surface area contributed by atoms with E-state index in [1.807, 2.05) is 0 Å². The first-order chi connectivity index (χ1) is 4.63. The normalized spacial score (nSPS) is 12.2. The minimum absolute atomic E-state index is 0.0301. The van der Waals surface area contributed by atoms with Crippen LogP contribution in [0.15, 0.2) is 10.8 Å². The predicted molar refractivity (Wildman–Crippen MR) is 39.4 cm³/mol. The van der Waals surface area contributed by atoms with Crippen molar-refractivity contribution in [3.8, 4) is 0 Å². The molecule has 10 heavy (non-hydrogen) atoms. The highest BCUT2D eigenvalue weighted by Gasteiger charge is 2.10. The van der Waals surface area contributed by atoms with Crippen molar-refractivity contribution in [2.75, 3.05) is 13.4 Å². The van der Waals surface area contributed by atoms with Crippen molar-refractivity contribution in [3.05, 3.63) is 10.8 Å². The van der Waals surface area contributed by atoms with Crippen molar-refractivity contribution in [1.82, 2.24) is 0 Å². The second-order valence-corrected chi connectivity index (χ2v) is 2.22. The number of hydrogen-bond donors (Lipinski definition) is 2. The average molecular weight is 163 g/mol. The minimum Gasteiger partial charge on any atom is -0.482 e. The minimum atomic E-state index is -1.06. The van der Waals surface area contributed by atoms with Gasteiger partial charge in [-0.25, -0.2) is 4.79 Å². The second kappa shape index (κ2) is 4.05. The van der Waals surface area contributed by atoms with E-state index in [0.29, 0.717) is 0 Å². The van der Waals surface area contributed by atoms with Crippen molar-refractivity contribution >= 4 is 17.7 Å². The largest absolute Gasteiger partial charge is 0.482 e. The Bertz CT molecular complexity index is 166. The van der Waals surface area contributed by atoms with Gasteiger partial charge in [0, 0.05) is 0 Å². The van der Waals surface area contributed by atoms with Gasteiger partial charge in [-0.15, -0.1) is 11.8 Å². The van der Waals surface area contributed by atoms with Gasteiger partial charge in [0.1, 0.15) is 0 Å². The maximum Gasteiger partial charge on any atom is 0.347 e. The van der Waals surface area contributed by atoms with Crippen molar-refractivity contribution in [1.29, 1.82) is 0 Å². The number of carboxylic acids is 1. The highest BCUT2D eigenvalue weighted by Crippen LogP contribution is 2.13. The summed E-state index contributed by atoms with van der Waals surface area (Å²) in [5.74, 6) is -1.12. The summed E-state index contributed by atoms with van der Waals surface area (Å²) in [5, 5.41) is 8.44. The lowest BCUT2D eigenvalue weighted by molar-refractivity contribution is -0.132. The van der Waals surface area contributed by atoms with E-state index in [1.165, 1.54) is 7.11 Å². The van der Waals surface area contributed by atoms with E-state index in [0.717, 1.165) is 11.8 Å². The van der Waals surface area contributed by atoms with Crippen molar-refractivity contribution in [3.63, 3.8) is 0 Å². The van der Waals surface area contributed by atoms with Crippen LogP contribution in [0.1, 0.15) is 0 Å². The Kier molecular flexibility index (Phi) is 3.71. The van der Waals surface area contributed by atoms with Crippen LogP contribution in [0.4, 0.5) is 0 Å². The van der Waals surface area contributed by atoms with E-state index in [1.54, 1.807) is 6.26 Å². The Labute approximate surface area is 63.0 Å². The second-order valence-electron chi connectivity index (χ2n) is 1.41. The summed E-state index contributed by atoms with van der Waals surface area (Å²) in [6.07, 6.45) is 1.62. The van der Waals surface area contributed by atoms with Crippen molar-refractivity contribution in [2.24, 2.45) is 5.73 Å². The van der Waals surface area contributed by atoms with Gasteiger partial charge in [0.25, 0.3) is 0 Å². The Hall–Kier alpha value is -0.840. The van der Waals surface area contributed by atoms with E-state index in [4.69, 9.17) is 10.8 Å². The van der Waals surface area contributed by atoms with Gasteiger partial charge in [-0.2, -0.15) is 0 Å². The third-order valence-corrected chi connectivity index (χ3v) is 1.63. The quantitative estimate of drug-likeness (QED) is 0.459. The number of methoxy groups -OCH3 is 1. The van der Waals surface area contributed by atoms with Gasteiger partial charge in [-0.05, 0) is 6.26 Å². The number of hydrogen-bond acceptors (Lipinski definition) is 4. The van der Waals surface area contributed by atoms with Crippen LogP contribution in [-0.2, 0) is 9.53 Å². The Morgan fingerprint density at radius 1 is 1.70 bits per heavy atom. The molecule has 0 atom stereocenters. The molecule has 0 aromatic rings. The molecule has 0 radical (unpaired) electrons. The monoisotopic (exact) mass is 163 g/mol. The maximum atomic E-state index is 10.3. The number of aliphatic carboxylic acids is 1. The number of rotatable bonds is 3. The van der Waals surface area contributed by atoms with Gasteiger partial charge in [0.15, 0.2) is 4.91 Å². The van der Waals surface area contributed by atoms with Gasteiger partial charge in [-0.3, -0.25) is 0 Å². The molecule has 0 saturated carbocycles. The third-order valence-electron chi connectivity index (χ3n) is 0.842. The van der Waals surface area contributed by atoms with Gasteiger partial charge in [0.2, 0.25) is 5.88 Å². The molecular weight excluding hydrogens is 154 g/mol. The van der Waals surface area contributed by atoms with Gasteiger partial charge < -0.3 is 15.6 Å². The van der Waals surface area contributed by atoms with Crippen molar-refractivity contribution < 1.29 is 14.6 Å². The lowest BCUT2D eigenvalue weighted by Crippen LogP contribution is -2.09. The predicted octanol–water partition coefficient (Wildman–Crippen LogP) is 0.208. The summed E-state index contributed by atoms with van der Waals surface area (Å²) in [7, 11) is 1.33. The highest BCUT2D eigenvalue weighted by molar-refractivity contribution is 8.03. The molecule has 0 aliphatic heterocycles. The number of carbonyl (C=O) groups is 1. The molecule has 0 saturated heterocycles. The highest BCUT2D eigenvalue weighted by atomic mass is 32.2. The molecule has 0 spiro atoms. The fourth-order valence-corrected chi connectivity index (χ4v) is 0.845. The van der Waals surface area contributed by atoms with Gasteiger partial charge in [-0.1, -0.05) is 0 Å². The zero-order valence-electron chi connectivity index (χ0n) is 5.75. The Morgan fingerprint density at radius 3 is 2.30 bits per heavy atom. The SMILES string of the molecule is CO/C(N)=C(/SC)C(=O)O. The van der Waals surface area contributed by atoms with E-state index in [-0.39, 0.29) is 10.8 Å². The fourth-order valence-electron chi connectivity index (χ4n) is 0.386. The molecular formula is C5H9NO3S. The van der Waals surface area contributed by atoms with E-state index in [9.17, 15) is 4.79 Å². The number of carboxylic acid groups (broad SMARTS) is 1. The molecule has 0 bridgehead atoms. The van der Waals surface area contributed by atoms with Crippen LogP contribution in [0, 0.1) is 0 Å². The summed E-state index contributed by atoms with van der Waals surface area (Å²) < 4.78 is 4.52. The van der Waals surface area contributed by atoms with Crippen LogP contribution < -0.4 is 5.73 Å². The molecule has 4 nitrogen and oxygen atoms in total. The molecule has 0 rings (SSSR count). The molecule has 0 aromatic heterocycles. The average Bonchev–Trinajstić information content (AvgIpc) is 1.88. The van der Waals surface area contributed by atoms with E-state index < -0.39 is 5.97 Å². The zero-order chi connectivity index (χ0) is 8.15. The number of ether oxygens (including phenoxy) is 1. The summed E-state index contributed by atoms with van der Waals surface area (Å²) >= 11 is 1.04. The maximum absolute atomic E-state index is 10.3. The fraction of sp³-hybridized carbons (Fsp3) is 0.400. The summed E-state index contributed by atoms with van der Waals surface area (Å²) in [6.45, 7) is 0. The smallest absolute Gasteiger partial charge is 0.347 e. The number of thioether (sulfide) groups is 1. The molecule has 3 N–H and O–H groups in total. The Balaban J connectivity index is 4.45. The first-order valence-corrected chi connectivity index (χ1v) is 3.67. The van der Waals surface area contributed by atoms with Crippen LogP contribution in [0.3, 0.4) is 0 Å². The molecule has 0 fully saturated rings. The lowest BCUT2D eigenvalue weighted by atomic mass is 10.6. The molecule has 0 aromatic carbocycles. The van der Waals surface area contributed by atoms with Gasteiger partial charge in [0.05, 0.1) is 7.11 Å². The van der Waals surface area contributed by atoms with Crippen LogP contribution in [0.25, 0.3) is 0 Å². The summed E-state index contributed by atoms with van der Waals surface area (Å²) in [4.78, 5) is 10.3. The van der Waals surface area contributed by atoms with Crippen LogP contribution >= 0.6 is 11.8 Å². The first kappa shape index (κ1) is 9.16. The zero-order valence-corrected chi connectivity index (χ0v) is 6.57. The molecule has 0 amide bonds. The van der Waals surface area contributed by atoms with Gasteiger partial charge >= 0.3 is 5.97 Å². The first-order valence-electron chi connectivity index (χ1n) is 2.44. The number of nitrogens with two attached hydrogens (primary N) is 1. The molecule has 0 heterocycles. The van der Waals surface area contributed by atoms with Crippen molar-refractivity contribution in [2.45, 2.75) is 0 Å². The van der Waals surface area contributed by atoms with E-state index in [2.05, 4.69) is 4.74 Å². The molecule has 0 aliphatic carbocycles. The van der Waals surface area contributed by atoms with Crippen LogP contribution in [0.5, 0.6) is 0 Å². The summed E-state index contributed by atoms with van der Waals surface area (Å²) in [6, 6.07) is 0. The van der Waals surface area contributed by atoms with Crippen LogP contribution in [-0.4, -0.2) is 24.4 Å². The van der Waals surface area contributed by atoms with Crippen LogP contribution in [0.2, 0.25) is 0 Å². The Morgan fingerprint density at radius 2 is 2.20 bits per heavy atom. The molecule has 0 unspecified atom stereocenters. The lowest BCUT2D eigenvalue weighted by Gasteiger charge is -2.01.